The second-order valence-corrected chi connectivity index (χ2v) is 9.34. The van der Waals surface area contributed by atoms with Crippen LogP contribution in [0.1, 0.15) is 56.7 Å². The average Bonchev–Trinajstić information content (AvgIpc) is 2.78. The predicted octanol–water partition coefficient (Wildman–Crippen LogP) is 5.18. The molecule has 1 N–H and O–H groups in total. The van der Waals surface area contributed by atoms with Crippen molar-refractivity contribution in [1.29, 1.82) is 0 Å². The number of benzene rings is 2. The number of rotatable bonds is 6. The van der Waals surface area contributed by atoms with Crippen LogP contribution in [0.25, 0.3) is 10.9 Å². The summed E-state index contributed by atoms with van der Waals surface area (Å²) in [7, 11) is 0. The highest BCUT2D eigenvalue weighted by Gasteiger charge is 2.35. The number of fused-ring (bicyclic) bond motifs is 2. The number of aryl methyl sites for hydroxylation is 1. The van der Waals surface area contributed by atoms with Gasteiger partial charge in [0.25, 0.3) is 5.91 Å². The predicted molar refractivity (Wildman–Crippen MR) is 134 cm³/mol. The van der Waals surface area contributed by atoms with E-state index in [9.17, 15) is 4.79 Å². The fraction of sp³-hybridized carbons (Fsp3) is 0.370. The average molecular weight is 445 g/mol. The van der Waals surface area contributed by atoms with Crippen molar-refractivity contribution >= 4 is 28.7 Å². The molecule has 0 radical (unpaired) electrons. The number of hydrogen-bond acceptors (Lipinski definition) is 5. The van der Waals surface area contributed by atoms with E-state index in [2.05, 4.69) is 67.2 Å². The molecule has 6 nitrogen and oxygen atoms in total. The van der Waals surface area contributed by atoms with Crippen LogP contribution in [0, 0.1) is 6.92 Å². The Bertz CT molecular complexity index is 1200. The van der Waals surface area contributed by atoms with Crippen molar-refractivity contribution in [3.8, 4) is 5.75 Å². The molecule has 1 aromatic heterocycles. The molecule has 33 heavy (non-hydrogen) atoms. The molecule has 1 atom stereocenters. The summed E-state index contributed by atoms with van der Waals surface area (Å²) in [6.07, 6.45) is 4.53. The Morgan fingerprint density at radius 2 is 2.09 bits per heavy atom. The number of nitrogens with one attached hydrogen (secondary N) is 1. The van der Waals surface area contributed by atoms with E-state index in [0.717, 1.165) is 35.0 Å². The van der Waals surface area contributed by atoms with Gasteiger partial charge in [-0.25, -0.2) is 5.43 Å². The number of amides is 1. The third-order valence-electron chi connectivity index (χ3n) is 6.44. The lowest BCUT2D eigenvalue weighted by Crippen LogP contribution is -2.48. The number of hydrogen-bond donors (Lipinski definition) is 1. The van der Waals surface area contributed by atoms with Crippen LogP contribution in [0.4, 0.5) is 5.69 Å². The topological polar surface area (TPSA) is 66.8 Å². The minimum atomic E-state index is -0.318. The summed E-state index contributed by atoms with van der Waals surface area (Å²) in [5.74, 6) is 0.722. The van der Waals surface area contributed by atoms with Gasteiger partial charge < -0.3 is 9.64 Å². The molecule has 1 aliphatic heterocycles. The van der Waals surface area contributed by atoms with Crippen LogP contribution in [0.2, 0.25) is 0 Å². The third kappa shape index (κ3) is 4.70. The third-order valence-corrected chi connectivity index (χ3v) is 6.44. The Morgan fingerprint density at radius 1 is 1.30 bits per heavy atom. The standard InChI is InChI=1S/C27H32N4O2/c1-6-31-23-13-18(2)21(14-22(23)19(3)15-27(31,4)5)16-29-30-25(32)17-33-24-11-7-9-20-10-8-12-28-26(20)24/h7-14,16,19H,6,15,17H2,1-5H3,(H,30,32)/b29-16-. The maximum absolute atomic E-state index is 12.3. The quantitative estimate of drug-likeness (QED) is 0.420. The summed E-state index contributed by atoms with van der Waals surface area (Å²) < 4.78 is 5.69. The van der Waals surface area contributed by atoms with Crippen LogP contribution in [0.5, 0.6) is 5.75 Å². The molecule has 2 aromatic carbocycles. The Labute approximate surface area is 195 Å². The smallest absolute Gasteiger partial charge is 0.277 e. The van der Waals surface area contributed by atoms with Crippen LogP contribution in [0.3, 0.4) is 0 Å². The van der Waals surface area contributed by atoms with E-state index in [1.807, 2.05) is 30.3 Å². The first-order chi connectivity index (χ1) is 15.8. The van der Waals surface area contributed by atoms with Gasteiger partial charge in [0.2, 0.25) is 0 Å². The van der Waals surface area contributed by atoms with E-state index in [0.29, 0.717) is 11.7 Å². The van der Waals surface area contributed by atoms with E-state index in [4.69, 9.17) is 4.74 Å². The zero-order valence-electron chi connectivity index (χ0n) is 20.1. The van der Waals surface area contributed by atoms with E-state index < -0.39 is 0 Å². The molecule has 0 spiro atoms. The molecule has 4 rings (SSSR count). The maximum atomic E-state index is 12.3. The highest BCUT2D eigenvalue weighted by Crippen LogP contribution is 2.44. The van der Waals surface area contributed by atoms with Crippen LogP contribution >= 0.6 is 0 Å². The summed E-state index contributed by atoms with van der Waals surface area (Å²) in [5.41, 5.74) is 8.23. The van der Waals surface area contributed by atoms with E-state index in [-0.39, 0.29) is 18.1 Å². The number of hydrazone groups is 1. The van der Waals surface area contributed by atoms with Gasteiger partial charge in [0, 0.05) is 29.4 Å². The first-order valence-electron chi connectivity index (χ1n) is 11.5. The summed E-state index contributed by atoms with van der Waals surface area (Å²) in [5, 5.41) is 5.15. The molecule has 0 aliphatic carbocycles. The zero-order chi connectivity index (χ0) is 23.6. The van der Waals surface area contributed by atoms with Crippen molar-refractivity contribution in [3.63, 3.8) is 0 Å². The van der Waals surface area contributed by atoms with E-state index >= 15 is 0 Å². The number of para-hydroxylation sites is 1. The van der Waals surface area contributed by atoms with Crippen LogP contribution in [0.15, 0.2) is 53.8 Å². The van der Waals surface area contributed by atoms with E-state index in [1.165, 1.54) is 11.3 Å². The van der Waals surface area contributed by atoms with Crippen LogP contribution in [-0.4, -0.2) is 35.8 Å². The fourth-order valence-electron chi connectivity index (χ4n) is 4.93. The molecule has 0 bridgehead atoms. The number of aromatic nitrogens is 1. The van der Waals surface area contributed by atoms with Gasteiger partial charge in [-0.1, -0.05) is 25.1 Å². The van der Waals surface area contributed by atoms with Gasteiger partial charge in [0.1, 0.15) is 11.3 Å². The van der Waals surface area contributed by atoms with E-state index in [1.54, 1.807) is 12.4 Å². The van der Waals surface area contributed by atoms with Gasteiger partial charge in [-0.3, -0.25) is 9.78 Å². The van der Waals surface area contributed by atoms with Gasteiger partial charge >= 0.3 is 0 Å². The number of carbonyl (C=O) groups excluding carboxylic acids is 1. The number of carbonyl (C=O) groups is 1. The minimum absolute atomic E-state index is 0.131. The Morgan fingerprint density at radius 3 is 2.88 bits per heavy atom. The highest BCUT2D eigenvalue weighted by molar-refractivity contribution is 5.87. The van der Waals surface area contributed by atoms with Gasteiger partial charge in [-0.15, -0.1) is 0 Å². The van der Waals surface area contributed by atoms with Crippen molar-refractivity contribution in [3.05, 3.63) is 65.4 Å². The van der Waals surface area contributed by atoms with Crippen molar-refractivity contribution in [2.75, 3.05) is 18.1 Å². The van der Waals surface area contributed by atoms with Gasteiger partial charge in [0.15, 0.2) is 6.61 Å². The Kier molecular flexibility index (Phi) is 6.36. The first kappa shape index (κ1) is 22.8. The Hall–Kier alpha value is -3.41. The molecule has 2 heterocycles. The second kappa shape index (κ2) is 9.22. The molecular weight excluding hydrogens is 412 g/mol. The molecule has 0 fully saturated rings. The van der Waals surface area contributed by atoms with Crippen LogP contribution < -0.4 is 15.1 Å². The number of anilines is 1. The first-order valence-corrected chi connectivity index (χ1v) is 11.5. The molecule has 0 saturated heterocycles. The van der Waals surface area contributed by atoms with Crippen molar-refractivity contribution < 1.29 is 9.53 Å². The molecule has 1 amide bonds. The lowest BCUT2D eigenvalue weighted by Gasteiger charge is -2.47. The monoisotopic (exact) mass is 444 g/mol. The van der Waals surface area contributed by atoms with Crippen molar-refractivity contribution in [2.45, 2.75) is 52.5 Å². The van der Waals surface area contributed by atoms with Crippen molar-refractivity contribution in [1.82, 2.24) is 10.4 Å². The molecule has 172 valence electrons. The summed E-state index contributed by atoms with van der Waals surface area (Å²) >= 11 is 0. The highest BCUT2D eigenvalue weighted by atomic mass is 16.5. The van der Waals surface area contributed by atoms with Crippen molar-refractivity contribution in [2.24, 2.45) is 5.10 Å². The molecular formula is C27H32N4O2. The van der Waals surface area contributed by atoms with Gasteiger partial charge in [0.05, 0.1) is 6.21 Å². The summed E-state index contributed by atoms with van der Waals surface area (Å²) in [6, 6.07) is 13.9. The second-order valence-electron chi connectivity index (χ2n) is 9.34. The van der Waals surface area contributed by atoms with Gasteiger partial charge in [-0.05, 0) is 81.0 Å². The molecule has 3 aromatic rings. The summed E-state index contributed by atoms with van der Waals surface area (Å²) in [4.78, 5) is 19.1. The lowest BCUT2D eigenvalue weighted by molar-refractivity contribution is -0.123. The molecule has 1 unspecified atom stereocenters. The minimum Gasteiger partial charge on any atom is -0.481 e. The molecule has 0 saturated carbocycles. The summed E-state index contributed by atoms with van der Waals surface area (Å²) in [6.45, 7) is 12.0. The maximum Gasteiger partial charge on any atom is 0.277 e. The fourth-order valence-corrected chi connectivity index (χ4v) is 4.93. The number of ether oxygens (including phenoxy) is 1. The SMILES string of the molecule is CCN1c2cc(C)c(/C=N\NC(=O)COc3cccc4cccnc34)cc2C(C)CC1(C)C. The molecule has 1 aliphatic rings. The largest absolute Gasteiger partial charge is 0.481 e. The zero-order valence-corrected chi connectivity index (χ0v) is 20.1. The number of pyridine rings is 1. The Balaban J connectivity index is 1.43. The lowest BCUT2D eigenvalue weighted by atomic mass is 9.79. The van der Waals surface area contributed by atoms with Crippen LogP contribution in [-0.2, 0) is 4.79 Å². The normalized spacial score (nSPS) is 17.2. The van der Waals surface area contributed by atoms with Gasteiger partial charge in [-0.2, -0.15) is 5.10 Å². The molecule has 6 heteroatoms. The number of nitrogens with zero attached hydrogens (tertiary/aromatic N) is 3.